The molecule has 8 nitrogen and oxygen atoms in total. The zero-order valence-electron chi connectivity index (χ0n) is 17.4. The van der Waals surface area contributed by atoms with Crippen LogP contribution in [0.1, 0.15) is 48.2 Å². The molecule has 0 unspecified atom stereocenters. The molecule has 1 aromatic carbocycles. The Morgan fingerprint density at radius 1 is 1.13 bits per heavy atom. The van der Waals surface area contributed by atoms with E-state index >= 15 is 0 Å². The van der Waals surface area contributed by atoms with E-state index in [4.69, 9.17) is 13.9 Å². The molecular formula is C22H28N2O6S. The number of ether oxygens (including phenoxy) is 2. The van der Waals surface area contributed by atoms with E-state index in [1.807, 2.05) is 18.2 Å². The van der Waals surface area contributed by atoms with Crippen molar-refractivity contribution in [3.05, 3.63) is 47.7 Å². The fraction of sp³-hybridized carbons (Fsp3) is 0.500. The maximum atomic E-state index is 12.6. The van der Waals surface area contributed by atoms with Crippen LogP contribution in [0.2, 0.25) is 0 Å². The van der Waals surface area contributed by atoms with Crippen LogP contribution in [0.5, 0.6) is 0 Å². The first kappa shape index (κ1) is 22.0. The highest BCUT2D eigenvalue weighted by Crippen LogP contribution is 2.23. The van der Waals surface area contributed by atoms with Gasteiger partial charge >= 0.3 is 0 Å². The molecule has 1 N–H and O–H groups in total. The molecule has 4 rings (SSSR count). The minimum atomic E-state index is -3.69. The molecule has 0 aliphatic carbocycles. The van der Waals surface area contributed by atoms with Crippen LogP contribution in [0, 0.1) is 0 Å². The first-order valence-electron chi connectivity index (χ1n) is 10.7. The second kappa shape index (κ2) is 9.95. The van der Waals surface area contributed by atoms with Crippen molar-refractivity contribution in [3.63, 3.8) is 0 Å². The number of amides is 1. The summed E-state index contributed by atoms with van der Waals surface area (Å²) in [6.07, 6.45) is 5.13. The summed E-state index contributed by atoms with van der Waals surface area (Å²) in [6.45, 7) is 2.72. The van der Waals surface area contributed by atoms with Crippen molar-refractivity contribution in [1.29, 1.82) is 0 Å². The van der Waals surface area contributed by atoms with Crippen LogP contribution >= 0.6 is 0 Å². The second-order valence-electron chi connectivity index (χ2n) is 7.89. The molecule has 0 bridgehead atoms. The Morgan fingerprint density at radius 3 is 2.74 bits per heavy atom. The van der Waals surface area contributed by atoms with Crippen molar-refractivity contribution in [2.45, 2.75) is 49.9 Å². The molecule has 1 amide bonds. The number of carbonyl (C=O) groups is 1. The van der Waals surface area contributed by atoms with E-state index in [1.165, 1.54) is 22.9 Å². The van der Waals surface area contributed by atoms with E-state index in [0.29, 0.717) is 32.0 Å². The Kier molecular flexibility index (Phi) is 7.06. The van der Waals surface area contributed by atoms with Crippen molar-refractivity contribution < 1.29 is 27.1 Å². The molecular weight excluding hydrogens is 420 g/mol. The van der Waals surface area contributed by atoms with Gasteiger partial charge in [-0.3, -0.25) is 4.79 Å². The number of anilines is 1. The molecule has 0 saturated carbocycles. The standard InChI is InChI=1S/C22H28N2O6S/c25-22(20-9-10-21(30-20)31(26,27)24-11-2-3-12-24)23-18-7-5-6-17(14-18)15-28-16-19-8-1-4-13-29-19/h5-7,9-10,14,19H,1-4,8,11-13,15-16H2,(H,23,25)/t19-/m0/s1. The minimum absolute atomic E-state index is 0.0473. The van der Waals surface area contributed by atoms with Gasteiger partial charge in [0, 0.05) is 25.4 Å². The van der Waals surface area contributed by atoms with Gasteiger partial charge in [0.05, 0.1) is 19.3 Å². The number of furan rings is 1. The number of nitrogens with zero attached hydrogens (tertiary/aromatic N) is 1. The van der Waals surface area contributed by atoms with Gasteiger partial charge in [-0.2, -0.15) is 4.31 Å². The quantitative estimate of drug-likeness (QED) is 0.665. The van der Waals surface area contributed by atoms with Gasteiger partial charge < -0.3 is 19.2 Å². The van der Waals surface area contributed by atoms with Gasteiger partial charge in [0.2, 0.25) is 5.09 Å². The summed E-state index contributed by atoms with van der Waals surface area (Å²) in [5.74, 6) is -0.551. The van der Waals surface area contributed by atoms with Gasteiger partial charge in [-0.25, -0.2) is 8.42 Å². The number of nitrogens with one attached hydrogen (secondary N) is 1. The highest BCUT2D eigenvalue weighted by atomic mass is 32.2. The van der Waals surface area contributed by atoms with Crippen LogP contribution < -0.4 is 5.32 Å². The smallest absolute Gasteiger partial charge is 0.291 e. The lowest BCUT2D eigenvalue weighted by Crippen LogP contribution is -2.27. The lowest BCUT2D eigenvalue weighted by molar-refractivity contribution is -0.0447. The summed E-state index contributed by atoms with van der Waals surface area (Å²) in [5.41, 5.74) is 1.51. The van der Waals surface area contributed by atoms with Crippen LogP contribution in [0.3, 0.4) is 0 Å². The summed E-state index contributed by atoms with van der Waals surface area (Å²) >= 11 is 0. The van der Waals surface area contributed by atoms with Crippen LogP contribution in [0.4, 0.5) is 5.69 Å². The van der Waals surface area contributed by atoms with E-state index in [9.17, 15) is 13.2 Å². The number of hydrogen-bond acceptors (Lipinski definition) is 6. The molecule has 2 fully saturated rings. The Labute approximate surface area is 182 Å². The van der Waals surface area contributed by atoms with E-state index in [1.54, 1.807) is 6.07 Å². The van der Waals surface area contributed by atoms with Crippen molar-refractivity contribution in [1.82, 2.24) is 4.31 Å². The monoisotopic (exact) mass is 448 g/mol. The van der Waals surface area contributed by atoms with Crippen molar-refractivity contribution >= 4 is 21.6 Å². The summed E-state index contributed by atoms with van der Waals surface area (Å²) in [4.78, 5) is 12.5. The van der Waals surface area contributed by atoms with E-state index in [-0.39, 0.29) is 17.0 Å². The van der Waals surface area contributed by atoms with Crippen LogP contribution in [-0.4, -0.2) is 51.0 Å². The average molecular weight is 449 g/mol. The molecule has 2 aliphatic rings. The predicted molar refractivity (Wildman–Crippen MR) is 114 cm³/mol. The summed E-state index contributed by atoms with van der Waals surface area (Å²) in [7, 11) is -3.69. The number of hydrogen-bond donors (Lipinski definition) is 1. The predicted octanol–water partition coefficient (Wildman–Crippen LogP) is 3.40. The lowest BCUT2D eigenvalue weighted by Gasteiger charge is -2.22. The molecule has 31 heavy (non-hydrogen) atoms. The maximum absolute atomic E-state index is 12.6. The average Bonchev–Trinajstić information content (AvgIpc) is 3.48. The molecule has 1 atom stereocenters. The third kappa shape index (κ3) is 5.54. The molecule has 2 saturated heterocycles. The van der Waals surface area contributed by atoms with E-state index in [2.05, 4.69) is 5.32 Å². The zero-order valence-corrected chi connectivity index (χ0v) is 18.2. The molecule has 9 heteroatoms. The van der Waals surface area contributed by atoms with Crippen molar-refractivity contribution in [3.8, 4) is 0 Å². The SMILES string of the molecule is O=C(Nc1cccc(COC[C@@H]2CCCCO2)c1)c1ccc(S(=O)(=O)N2CCCC2)o1. The molecule has 2 aliphatic heterocycles. The van der Waals surface area contributed by atoms with E-state index in [0.717, 1.165) is 37.9 Å². The van der Waals surface area contributed by atoms with Crippen LogP contribution in [0.25, 0.3) is 0 Å². The molecule has 3 heterocycles. The van der Waals surface area contributed by atoms with Gasteiger partial charge in [-0.1, -0.05) is 12.1 Å². The summed E-state index contributed by atoms with van der Waals surface area (Å²) in [6, 6.07) is 10.1. The first-order chi connectivity index (χ1) is 15.0. The zero-order chi connectivity index (χ0) is 21.7. The summed E-state index contributed by atoms with van der Waals surface area (Å²) in [5, 5.41) is 2.55. The second-order valence-corrected chi connectivity index (χ2v) is 9.76. The topological polar surface area (TPSA) is 98.1 Å². The number of carbonyl (C=O) groups excluding carboxylic acids is 1. The maximum Gasteiger partial charge on any atom is 0.291 e. The highest BCUT2D eigenvalue weighted by Gasteiger charge is 2.30. The molecule has 2 aromatic rings. The van der Waals surface area contributed by atoms with Crippen molar-refractivity contribution in [2.24, 2.45) is 0 Å². The van der Waals surface area contributed by atoms with E-state index < -0.39 is 15.9 Å². The normalized spacial score (nSPS) is 20.1. The van der Waals surface area contributed by atoms with Gasteiger partial charge in [0.1, 0.15) is 0 Å². The lowest BCUT2D eigenvalue weighted by atomic mass is 10.1. The van der Waals surface area contributed by atoms with Crippen molar-refractivity contribution in [2.75, 3.05) is 31.6 Å². The summed E-state index contributed by atoms with van der Waals surface area (Å²) < 4.78 is 43.3. The van der Waals surface area contributed by atoms with Gasteiger partial charge in [0.15, 0.2) is 5.76 Å². The number of benzene rings is 1. The third-order valence-corrected chi connectivity index (χ3v) is 7.27. The van der Waals surface area contributed by atoms with Gasteiger partial charge in [-0.15, -0.1) is 0 Å². The third-order valence-electron chi connectivity index (χ3n) is 5.50. The fourth-order valence-electron chi connectivity index (χ4n) is 3.82. The molecule has 1 aromatic heterocycles. The van der Waals surface area contributed by atoms with Gasteiger partial charge in [0.25, 0.3) is 15.9 Å². The van der Waals surface area contributed by atoms with Crippen LogP contribution in [-0.2, 0) is 26.1 Å². The molecule has 168 valence electrons. The Bertz CT molecular complexity index is 991. The largest absolute Gasteiger partial charge is 0.438 e. The van der Waals surface area contributed by atoms with Gasteiger partial charge in [-0.05, 0) is 61.9 Å². The Hall–Kier alpha value is -2.20. The Balaban J connectivity index is 1.33. The first-order valence-corrected chi connectivity index (χ1v) is 12.2. The number of sulfonamides is 1. The number of rotatable bonds is 8. The Morgan fingerprint density at radius 2 is 1.97 bits per heavy atom. The molecule has 0 radical (unpaired) electrons. The fourth-order valence-corrected chi connectivity index (χ4v) is 5.24. The molecule has 0 spiro atoms. The van der Waals surface area contributed by atoms with Crippen LogP contribution in [0.15, 0.2) is 45.9 Å². The highest BCUT2D eigenvalue weighted by molar-refractivity contribution is 7.89. The minimum Gasteiger partial charge on any atom is -0.438 e.